The Bertz CT molecular complexity index is 379. The Balaban J connectivity index is 3.01. The first-order valence-corrected chi connectivity index (χ1v) is 6.20. The van der Waals surface area contributed by atoms with Gasteiger partial charge in [-0.15, -0.1) is 0 Å². The van der Waals surface area contributed by atoms with Crippen LogP contribution in [0.25, 0.3) is 0 Å². The number of nitrogens with zero attached hydrogens (tertiary/aromatic N) is 4. The molecule has 0 aliphatic rings. The van der Waals surface area contributed by atoms with Crippen LogP contribution in [0.2, 0.25) is 0 Å². The molecule has 1 unspecified atom stereocenters. The van der Waals surface area contributed by atoms with Gasteiger partial charge in [0.25, 0.3) is 0 Å². The number of anilines is 2. The highest BCUT2D eigenvalue weighted by molar-refractivity contribution is 5.57. The highest BCUT2D eigenvalue weighted by atomic mass is 15.3. The van der Waals surface area contributed by atoms with Crippen molar-refractivity contribution >= 4 is 11.6 Å². The summed E-state index contributed by atoms with van der Waals surface area (Å²) in [6.45, 7) is 8.18. The summed E-state index contributed by atoms with van der Waals surface area (Å²) in [7, 11) is 4.15. The number of hydrogen-bond acceptors (Lipinski definition) is 6. The van der Waals surface area contributed by atoms with E-state index in [1.54, 1.807) is 6.33 Å². The average Bonchev–Trinajstić information content (AvgIpc) is 2.31. The number of hydrazine groups is 1. The molecule has 0 saturated heterocycles. The summed E-state index contributed by atoms with van der Waals surface area (Å²) in [6.07, 6.45) is 1.54. The summed E-state index contributed by atoms with van der Waals surface area (Å²) < 4.78 is 0. The molecule has 0 aromatic carbocycles. The van der Waals surface area contributed by atoms with Gasteiger partial charge < -0.3 is 15.2 Å². The highest BCUT2D eigenvalue weighted by Gasteiger charge is 2.18. The summed E-state index contributed by atoms with van der Waals surface area (Å²) in [5.74, 6) is 7.07. The fourth-order valence-electron chi connectivity index (χ4n) is 2.17. The van der Waals surface area contributed by atoms with Crippen LogP contribution in [0.5, 0.6) is 0 Å². The van der Waals surface area contributed by atoms with Crippen molar-refractivity contribution in [3.05, 3.63) is 11.9 Å². The Morgan fingerprint density at radius 2 is 2.06 bits per heavy atom. The largest absolute Gasteiger partial charge is 0.353 e. The highest BCUT2D eigenvalue weighted by Crippen LogP contribution is 2.23. The van der Waals surface area contributed by atoms with E-state index in [-0.39, 0.29) is 0 Å². The van der Waals surface area contributed by atoms with E-state index < -0.39 is 0 Å². The first-order chi connectivity index (χ1) is 8.51. The van der Waals surface area contributed by atoms with Crippen molar-refractivity contribution in [1.29, 1.82) is 0 Å². The Morgan fingerprint density at radius 3 is 2.56 bits per heavy atom. The maximum Gasteiger partial charge on any atom is 0.148 e. The van der Waals surface area contributed by atoms with Gasteiger partial charge in [-0.2, -0.15) is 0 Å². The molecule has 0 spiro atoms. The van der Waals surface area contributed by atoms with E-state index in [2.05, 4.69) is 53.1 Å². The van der Waals surface area contributed by atoms with E-state index in [4.69, 9.17) is 5.84 Å². The molecule has 0 radical (unpaired) electrons. The molecule has 1 heterocycles. The smallest absolute Gasteiger partial charge is 0.148 e. The van der Waals surface area contributed by atoms with E-state index in [0.29, 0.717) is 11.9 Å². The molecular weight excluding hydrogens is 228 g/mol. The number of aromatic nitrogens is 2. The molecule has 1 atom stereocenters. The molecule has 6 heteroatoms. The number of nitrogen functional groups attached to an aromatic ring is 1. The third-order valence-electron chi connectivity index (χ3n) is 2.97. The van der Waals surface area contributed by atoms with Crippen LogP contribution in [0, 0.1) is 6.92 Å². The second kappa shape index (κ2) is 6.51. The third kappa shape index (κ3) is 3.30. The van der Waals surface area contributed by atoms with Crippen LogP contribution in [0.3, 0.4) is 0 Å². The van der Waals surface area contributed by atoms with Gasteiger partial charge in [-0.05, 0) is 34.9 Å². The fourth-order valence-corrected chi connectivity index (χ4v) is 2.17. The van der Waals surface area contributed by atoms with Crippen LogP contribution in [0.4, 0.5) is 11.6 Å². The van der Waals surface area contributed by atoms with Crippen LogP contribution >= 0.6 is 0 Å². The van der Waals surface area contributed by atoms with E-state index in [9.17, 15) is 0 Å². The number of nitrogens with two attached hydrogens (primary N) is 1. The zero-order chi connectivity index (χ0) is 13.7. The molecule has 18 heavy (non-hydrogen) atoms. The van der Waals surface area contributed by atoms with Gasteiger partial charge >= 0.3 is 0 Å². The minimum Gasteiger partial charge on any atom is -0.353 e. The predicted molar refractivity (Wildman–Crippen MR) is 75.6 cm³/mol. The Labute approximate surface area is 109 Å². The third-order valence-corrected chi connectivity index (χ3v) is 2.97. The number of nitrogens with one attached hydrogen (secondary N) is 1. The van der Waals surface area contributed by atoms with E-state index in [1.807, 2.05) is 6.92 Å². The molecule has 1 aromatic heterocycles. The maximum atomic E-state index is 5.45. The van der Waals surface area contributed by atoms with E-state index in [0.717, 1.165) is 24.5 Å². The summed E-state index contributed by atoms with van der Waals surface area (Å²) in [5.41, 5.74) is 3.59. The van der Waals surface area contributed by atoms with Gasteiger partial charge in [0.1, 0.15) is 18.0 Å². The second-order valence-electron chi connectivity index (χ2n) is 4.71. The summed E-state index contributed by atoms with van der Waals surface area (Å²) in [4.78, 5) is 12.9. The Morgan fingerprint density at radius 1 is 1.39 bits per heavy atom. The molecule has 1 aromatic rings. The van der Waals surface area contributed by atoms with E-state index in [1.165, 1.54) is 0 Å². The van der Waals surface area contributed by atoms with Crippen LogP contribution in [0.1, 0.15) is 19.4 Å². The Kier molecular flexibility index (Phi) is 5.30. The molecular formula is C12H24N6. The van der Waals surface area contributed by atoms with Crippen molar-refractivity contribution in [2.75, 3.05) is 37.5 Å². The van der Waals surface area contributed by atoms with Crippen LogP contribution < -0.4 is 16.2 Å². The topological polar surface area (TPSA) is 70.3 Å². The van der Waals surface area contributed by atoms with Crippen LogP contribution in [-0.2, 0) is 0 Å². The molecule has 0 fully saturated rings. The molecule has 0 aliphatic carbocycles. The van der Waals surface area contributed by atoms with Crippen molar-refractivity contribution < 1.29 is 0 Å². The lowest BCUT2D eigenvalue weighted by Gasteiger charge is -2.32. The molecule has 102 valence electrons. The van der Waals surface area contributed by atoms with Crippen molar-refractivity contribution in [1.82, 2.24) is 14.9 Å². The summed E-state index contributed by atoms with van der Waals surface area (Å²) in [6, 6.07) is 0.379. The number of hydrogen-bond donors (Lipinski definition) is 2. The van der Waals surface area contributed by atoms with Gasteiger partial charge in [0.05, 0.1) is 0 Å². The normalized spacial score (nSPS) is 12.6. The van der Waals surface area contributed by atoms with Gasteiger partial charge in [-0.3, -0.25) is 0 Å². The molecule has 0 amide bonds. The number of rotatable bonds is 6. The zero-order valence-corrected chi connectivity index (χ0v) is 11.9. The lowest BCUT2D eigenvalue weighted by molar-refractivity contribution is 0.372. The molecule has 0 bridgehead atoms. The fraction of sp³-hybridized carbons (Fsp3) is 0.667. The predicted octanol–water partition coefficient (Wildman–Crippen LogP) is 0.847. The molecule has 0 saturated carbocycles. The minimum atomic E-state index is 0.379. The van der Waals surface area contributed by atoms with Crippen LogP contribution in [0.15, 0.2) is 6.33 Å². The van der Waals surface area contributed by atoms with Gasteiger partial charge in [0.2, 0.25) is 0 Å². The van der Waals surface area contributed by atoms with Gasteiger partial charge in [0, 0.05) is 24.7 Å². The van der Waals surface area contributed by atoms with Crippen molar-refractivity contribution in [2.24, 2.45) is 5.84 Å². The minimum absolute atomic E-state index is 0.379. The zero-order valence-electron chi connectivity index (χ0n) is 11.9. The lowest BCUT2D eigenvalue weighted by Crippen LogP contribution is -2.41. The van der Waals surface area contributed by atoms with Crippen LogP contribution in [-0.4, -0.2) is 48.1 Å². The Hall–Kier alpha value is -1.40. The molecule has 0 aliphatic heterocycles. The van der Waals surface area contributed by atoms with E-state index >= 15 is 0 Å². The van der Waals surface area contributed by atoms with Crippen molar-refractivity contribution in [3.8, 4) is 0 Å². The first kappa shape index (κ1) is 14.7. The second-order valence-corrected chi connectivity index (χ2v) is 4.71. The van der Waals surface area contributed by atoms with Crippen molar-refractivity contribution in [2.45, 2.75) is 26.8 Å². The molecule has 3 N–H and O–H groups in total. The van der Waals surface area contributed by atoms with Gasteiger partial charge in [-0.25, -0.2) is 15.8 Å². The molecule has 1 rings (SSSR count). The monoisotopic (exact) mass is 252 g/mol. The molecule has 6 nitrogen and oxygen atoms in total. The quantitative estimate of drug-likeness (QED) is 0.578. The summed E-state index contributed by atoms with van der Waals surface area (Å²) in [5, 5.41) is 0. The SMILES string of the molecule is CCN(c1ncnc(NN)c1C)C(C)CN(C)C. The maximum absolute atomic E-state index is 5.45. The standard InChI is InChI=1S/C12H24N6/c1-6-18(9(2)7-17(4)5)12-10(3)11(16-13)14-8-15-12/h8-9H,6-7,13H2,1-5H3,(H,14,15,16). The average molecular weight is 252 g/mol. The number of likely N-dealkylation sites (N-methyl/N-ethyl adjacent to an activating group) is 2. The van der Waals surface area contributed by atoms with Gasteiger partial charge in [0.15, 0.2) is 0 Å². The van der Waals surface area contributed by atoms with Crippen molar-refractivity contribution in [3.63, 3.8) is 0 Å². The van der Waals surface area contributed by atoms with Gasteiger partial charge in [-0.1, -0.05) is 0 Å². The first-order valence-electron chi connectivity index (χ1n) is 6.20. The summed E-state index contributed by atoms with van der Waals surface area (Å²) >= 11 is 0. The lowest BCUT2D eigenvalue weighted by atomic mass is 10.2.